The summed E-state index contributed by atoms with van der Waals surface area (Å²) in [6.45, 7) is 2.41. The third-order valence-electron chi connectivity index (χ3n) is 3.73. The maximum Gasteiger partial charge on any atom is 0.331 e. The van der Waals surface area contributed by atoms with Gasteiger partial charge in [0.25, 0.3) is 5.91 Å². The van der Waals surface area contributed by atoms with Crippen LogP contribution in [-0.2, 0) is 14.3 Å². The molecule has 0 unspecified atom stereocenters. The average Bonchev–Trinajstić information content (AvgIpc) is 2.66. The number of hydrogen-bond acceptors (Lipinski definition) is 5. The highest BCUT2D eigenvalue weighted by molar-refractivity contribution is 5.96. The van der Waals surface area contributed by atoms with E-state index < -0.39 is 23.8 Å². The van der Waals surface area contributed by atoms with E-state index in [-0.39, 0.29) is 5.69 Å². The van der Waals surface area contributed by atoms with E-state index in [1.165, 1.54) is 37.3 Å². The first kappa shape index (κ1) is 18.4. The molecule has 27 heavy (non-hydrogen) atoms. The summed E-state index contributed by atoms with van der Waals surface area (Å²) in [5, 5.41) is 2.49. The lowest BCUT2D eigenvalue weighted by molar-refractivity contribution is -0.148. The van der Waals surface area contributed by atoms with Crippen LogP contribution in [0.15, 0.2) is 48.5 Å². The van der Waals surface area contributed by atoms with Gasteiger partial charge in [-0.25, -0.2) is 9.18 Å². The summed E-state index contributed by atoms with van der Waals surface area (Å²) in [6.07, 6.45) is 1.74. The van der Waals surface area contributed by atoms with Gasteiger partial charge in [-0.2, -0.15) is 0 Å². The van der Waals surface area contributed by atoms with Crippen molar-refractivity contribution in [1.82, 2.24) is 0 Å². The van der Waals surface area contributed by atoms with Crippen LogP contribution in [0, 0.1) is 5.82 Å². The van der Waals surface area contributed by atoms with Crippen molar-refractivity contribution < 1.29 is 28.2 Å². The molecule has 0 spiro atoms. The minimum atomic E-state index is -1.04. The Morgan fingerprint density at radius 3 is 2.70 bits per heavy atom. The summed E-state index contributed by atoms with van der Waals surface area (Å²) >= 11 is 0. The monoisotopic (exact) mass is 371 g/mol. The summed E-state index contributed by atoms with van der Waals surface area (Å²) < 4.78 is 29.1. The molecule has 1 heterocycles. The van der Waals surface area contributed by atoms with Crippen LogP contribution in [0.3, 0.4) is 0 Å². The summed E-state index contributed by atoms with van der Waals surface area (Å²) in [6, 6.07) is 10.7. The first-order valence-corrected chi connectivity index (χ1v) is 8.36. The number of ether oxygens (including phenoxy) is 3. The molecule has 1 N–H and O–H groups in total. The molecule has 2 aromatic rings. The van der Waals surface area contributed by atoms with Crippen molar-refractivity contribution in [3.63, 3.8) is 0 Å². The number of halogens is 1. The summed E-state index contributed by atoms with van der Waals surface area (Å²) in [7, 11) is 0. The second kappa shape index (κ2) is 8.35. The molecule has 0 radical (unpaired) electrons. The summed E-state index contributed by atoms with van der Waals surface area (Å²) in [5.41, 5.74) is 1.02. The fourth-order valence-electron chi connectivity index (χ4n) is 2.41. The zero-order valence-electron chi connectivity index (χ0n) is 14.6. The SMILES string of the molecule is C[C@H](OC(=O)/C=C/c1ccc2c(c1)OCCO2)C(=O)Nc1cccc(F)c1. The normalized spacial score (nSPS) is 13.9. The molecular weight excluding hydrogens is 353 g/mol. The van der Waals surface area contributed by atoms with Gasteiger partial charge in [0.05, 0.1) is 0 Å². The van der Waals surface area contributed by atoms with Gasteiger partial charge >= 0.3 is 5.97 Å². The van der Waals surface area contributed by atoms with Gasteiger partial charge in [0.1, 0.15) is 19.0 Å². The molecule has 0 saturated heterocycles. The van der Waals surface area contributed by atoms with Crippen LogP contribution >= 0.6 is 0 Å². The molecule has 7 heteroatoms. The molecule has 1 atom stereocenters. The molecule has 0 fully saturated rings. The van der Waals surface area contributed by atoms with Crippen molar-refractivity contribution >= 4 is 23.6 Å². The quantitative estimate of drug-likeness (QED) is 0.646. The Balaban J connectivity index is 1.55. The number of amides is 1. The lowest BCUT2D eigenvalue weighted by Gasteiger charge is -2.18. The lowest BCUT2D eigenvalue weighted by atomic mass is 10.2. The van der Waals surface area contributed by atoms with Crippen molar-refractivity contribution in [2.75, 3.05) is 18.5 Å². The molecule has 0 aliphatic carbocycles. The van der Waals surface area contributed by atoms with Crippen molar-refractivity contribution in [2.24, 2.45) is 0 Å². The Labute approximate surface area is 155 Å². The number of carbonyl (C=O) groups is 2. The van der Waals surface area contributed by atoms with E-state index in [4.69, 9.17) is 14.2 Å². The first-order chi connectivity index (χ1) is 13.0. The predicted octanol–water partition coefficient (Wildman–Crippen LogP) is 3.18. The number of anilines is 1. The molecule has 0 saturated carbocycles. The van der Waals surface area contributed by atoms with E-state index in [9.17, 15) is 14.0 Å². The number of rotatable bonds is 5. The van der Waals surface area contributed by atoms with E-state index in [1.54, 1.807) is 24.3 Å². The third-order valence-corrected chi connectivity index (χ3v) is 3.73. The molecule has 0 aromatic heterocycles. The summed E-state index contributed by atoms with van der Waals surface area (Å²) in [4.78, 5) is 24.0. The smallest absolute Gasteiger partial charge is 0.331 e. The number of esters is 1. The molecule has 1 amide bonds. The largest absolute Gasteiger partial charge is 0.486 e. The van der Waals surface area contributed by atoms with Crippen LogP contribution in [0.4, 0.5) is 10.1 Å². The second-order valence-electron chi connectivity index (χ2n) is 5.82. The highest BCUT2D eigenvalue weighted by Crippen LogP contribution is 2.31. The highest BCUT2D eigenvalue weighted by atomic mass is 19.1. The van der Waals surface area contributed by atoms with Crippen LogP contribution in [0.2, 0.25) is 0 Å². The van der Waals surface area contributed by atoms with Gasteiger partial charge in [0.2, 0.25) is 0 Å². The maximum atomic E-state index is 13.1. The van der Waals surface area contributed by atoms with Crippen LogP contribution in [0.5, 0.6) is 11.5 Å². The average molecular weight is 371 g/mol. The minimum Gasteiger partial charge on any atom is -0.486 e. The Kier molecular flexibility index (Phi) is 5.71. The third kappa shape index (κ3) is 5.07. The van der Waals surface area contributed by atoms with Gasteiger partial charge in [-0.15, -0.1) is 0 Å². The Morgan fingerprint density at radius 2 is 1.93 bits per heavy atom. The number of fused-ring (bicyclic) bond motifs is 1. The number of carbonyl (C=O) groups excluding carboxylic acids is 2. The van der Waals surface area contributed by atoms with Crippen LogP contribution in [0.1, 0.15) is 12.5 Å². The molecular formula is C20H18FNO5. The Bertz CT molecular complexity index is 880. The van der Waals surface area contributed by atoms with Crippen molar-refractivity contribution in [3.05, 3.63) is 59.9 Å². The van der Waals surface area contributed by atoms with Crippen LogP contribution in [-0.4, -0.2) is 31.2 Å². The van der Waals surface area contributed by atoms with Crippen molar-refractivity contribution in [3.8, 4) is 11.5 Å². The molecule has 0 bridgehead atoms. The highest BCUT2D eigenvalue weighted by Gasteiger charge is 2.17. The number of benzene rings is 2. The standard InChI is InChI=1S/C20H18FNO5/c1-13(20(24)22-16-4-2-3-15(21)12-16)27-19(23)8-6-14-5-7-17-18(11-14)26-10-9-25-17/h2-8,11-13H,9-10H2,1H3,(H,22,24)/b8-6+/t13-/m0/s1. The van der Waals surface area contributed by atoms with E-state index in [0.29, 0.717) is 24.7 Å². The van der Waals surface area contributed by atoms with Crippen LogP contribution in [0.25, 0.3) is 6.08 Å². The molecule has 140 valence electrons. The minimum absolute atomic E-state index is 0.287. The topological polar surface area (TPSA) is 73.9 Å². The van der Waals surface area contributed by atoms with Gasteiger partial charge in [0.15, 0.2) is 17.6 Å². The molecule has 2 aromatic carbocycles. The van der Waals surface area contributed by atoms with Crippen LogP contribution < -0.4 is 14.8 Å². The number of hydrogen-bond donors (Lipinski definition) is 1. The van der Waals surface area contributed by atoms with Gasteiger partial charge in [-0.3, -0.25) is 4.79 Å². The van der Waals surface area contributed by atoms with E-state index in [1.807, 2.05) is 0 Å². The van der Waals surface area contributed by atoms with Gasteiger partial charge in [-0.1, -0.05) is 12.1 Å². The zero-order valence-corrected chi connectivity index (χ0v) is 14.6. The lowest BCUT2D eigenvalue weighted by Crippen LogP contribution is -2.29. The fraction of sp³-hybridized carbons (Fsp3) is 0.200. The van der Waals surface area contributed by atoms with E-state index >= 15 is 0 Å². The Hall–Kier alpha value is -3.35. The summed E-state index contributed by atoms with van der Waals surface area (Å²) in [5.74, 6) is -0.434. The predicted molar refractivity (Wildman–Crippen MR) is 97.0 cm³/mol. The molecule has 3 rings (SSSR count). The zero-order chi connectivity index (χ0) is 19.2. The van der Waals surface area contributed by atoms with Gasteiger partial charge in [0, 0.05) is 11.8 Å². The first-order valence-electron chi connectivity index (χ1n) is 8.36. The van der Waals surface area contributed by atoms with Gasteiger partial charge < -0.3 is 19.5 Å². The number of nitrogens with one attached hydrogen (secondary N) is 1. The Morgan fingerprint density at radius 1 is 1.15 bits per heavy atom. The van der Waals surface area contributed by atoms with E-state index in [0.717, 1.165) is 5.56 Å². The molecule has 1 aliphatic heterocycles. The molecule has 6 nitrogen and oxygen atoms in total. The van der Waals surface area contributed by atoms with Crippen molar-refractivity contribution in [1.29, 1.82) is 0 Å². The van der Waals surface area contributed by atoms with Gasteiger partial charge in [-0.05, 0) is 48.9 Å². The maximum absolute atomic E-state index is 13.1. The van der Waals surface area contributed by atoms with Crippen molar-refractivity contribution in [2.45, 2.75) is 13.0 Å². The van der Waals surface area contributed by atoms with E-state index in [2.05, 4.69) is 5.32 Å². The fourth-order valence-corrected chi connectivity index (χ4v) is 2.41. The second-order valence-corrected chi connectivity index (χ2v) is 5.82. The molecule has 1 aliphatic rings.